The number of carbonyl (C=O) groups is 1. The first-order valence-electron chi connectivity index (χ1n) is 2.18. The summed E-state index contributed by atoms with van der Waals surface area (Å²) in [7, 11) is 1.34. The van der Waals surface area contributed by atoms with Crippen LogP contribution >= 0.6 is 0 Å². The van der Waals surface area contributed by atoms with Crippen LogP contribution in [0.25, 0.3) is 0 Å². The summed E-state index contributed by atoms with van der Waals surface area (Å²) in [5.74, 6) is 2.65. The highest BCUT2D eigenvalue weighted by molar-refractivity contribution is 5.71. The summed E-state index contributed by atoms with van der Waals surface area (Å²) in [6.45, 7) is 0.507. The zero-order valence-corrected chi connectivity index (χ0v) is 4.47. The maximum atomic E-state index is 10.4. The zero-order chi connectivity index (χ0) is 5.98. The molecule has 0 fully saturated rings. The van der Waals surface area contributed by atoms with Crippen molar-refractivity contribution in [3.8, 4) is 12.0 Å². The van der Waals surface area contributed by atoms with Crippen LogP contribution in [0.1, 0.15) is 0 Å². The summed E-state index contributed by atoms with van der Waals surface area (Å²) < 4.78 is 4.34. The lowest BCUT2D eigenvalue weighted by Gasteiger charge is -2.14. The predicted molar refractivity (Wildman–Crippen MR) is 26.9 cm³/mol. The molecule has 0 radical (unpaired) electrons. The van der Waals surface area contributed by atoms with Gasteiger partial charge in [-0.25, -0.2) is 9.69 Å². The number of rotatable bonds is 0. The first-order valence-corrected chi connectivity index (χ1v) is 2.18. The Bertz CT molecular complexity index is 165. The monoisotopic (exact) mass is 111 g/mol. The molecule has 1 aliphatic heterocycles. The van der Waals surface area contributed by atoms with Gasteiger partial charge in [0.25, 0.3) is 0 Å². The number of amides is 1. The van der Waals surface area contributed by atoms with Crippen LogP contribution in [0.5, 0.6) is 0 Å². The van der Waals surface area contributed by atoms with Gasteiger partial charge in [0.15, 0.2) is 0 Å². The molecular weight excluding hydrogens is 106 g/mol. The van der Waals surface area contributed by atoms with E-state index in [2.05, 4.69) is 16.7 Å². The van der Waals surface area contributed by atoms with Crippen LogP contribution < -0.4 is 0 Å². The fraction of sp³-hybridized carbons (Fsp3) is 0.400. The Kier molecular flexibility index (Phi) is 1.09. The molecule has 0 aromatic carbocycles. The highest BCUT2D eigenvalue weighted by Gasteiger charge is 2.13. The molecular formula is C5H5NO2. The van der Waals surface area contributed by atoms with Crippen molar-refractivity contribution in [3.63, 3.8) is 0 Å². The van der Waals surface area contributed by atoms with Gasteiger partial charge < -0.3 is 4.74 Å². The number of ether oxygens (including phenoxy) is 1. The third-order valence-electron chi connectivity index (χ3n) is 0.846. The van der Waals surface area contributed by atoms with Gasteiger partial charge in [-0.2, -0.15) is 0 Å². The molecule has 42 valence electrons. The highest BCUT2D eigenvalue weighted by Crippen LogP contribution is 1.94. The number of methoxy groups -OCH3 is 1. The second-order valence-corrected chi connectivity index (χ2v) is 1.34. The number of nitrogens with zero attached hydrogens (tertiary/aromatic N) is 1. The van der Waals surface area contributed by atoms with Crippen LogP contribution in [0.15, 0.2) is 0 Å². The Balaban J connectivity index is 2.41. The van der Waals surface area contributed by atoms with Gasteiger partial charge in [0.1, 0.15) is 6.54 Å². The highest BCUT2D eigenvalue weighted by atomic mass is 16.5. The molecule has 3 nitrogen and oxygen atoms in total. The maximum absolute atomic E-state index is 10.4. The van der Waals surface area contributed by atoms with Gasteiger partial charge in [-0.15, -0.1) is 0 Å². The van der Waals surface area contributed by atoms with E-state index < -0.39 is 0 Å². The molecule has 0 bridgehead atoms. The molecule has 1 amide bonds. The average molecular weight is 111 g/mol. The standard InChI is InChI=1S/C5H5NO2/c1-8-5(7)6-3-2-4-6/h3H2,1H3. The molecule has 0 atom stereocenters. The Morgan fingerprint density at radius 1 is 1.88 bits per heavy atom. The van der Waals surface area contributed by atoms with Gasteiger partial charge in [-0.3, -0.25) is 0 Å². The average Bonchev–Trinajstić information content (AvgIpc) is 1.62. The first-order chi connectivity index (χ1) is 3.84. The molecule has 8 heavy (non-hydrogen) atoms. The third-order valence-corrected chi connectivity index (χ3v) is 0.846. The van der Waals surface area contributed by atoms with Crippen molar-refractivity contribution >= 4 is 6.09 Å². The molecule has 0 N–H and O–H groups in total. The fourth-order valence-corrected chi connectivity index (χ4v) is 0.379. The topological polar surface area (TPSA) is 29.5 Å². The summed E-state index contributed by atoms with van der Waals surface area (Å²) in [5.41, 5.74) is 0. The molecule has 0 aliphatic carbocycles. The zero-order valence-electron chi connectivity index (χ0n) is 4.47. The van der Waals surface area contributed by atoms with Crippen LogP contribution in [0.2, 0.25) is 0 Å². The van der Waals surface area contributed by atoms with Gasteiger partial charge in [-0.05, 0) is 0 Å². The molecule has 3 heteroatoms. The van der Waals surface area contributed by atoms with Crippen molar-refractivity contribution in [1.82, 2.24) is 4.90 Å². The molecule has 1 aliphatic rings. The van der Waals surface area contributed by atoms with Crippen molar-refractivity contribution in [2.75, 3.05) is 13.7 Å². The lowest BCUT2D eigenvalue weighted by molar-refractivity contribution is 0.144. The van der Waals surface area contributed by atoms with E-state index in [-0.39, 0.29) is 6.09 Å². The normalized spacial score (nSPS) is 13.4. The van der Waals surface area contributed by atoms with Gasteiger partial charge >= 0.3 is 6.09 Å². The van der Waals surface area contributed by atoms with E-state index in [0.717, 1.165) is 0 Å². The van der Waals surface area contributed by atoms with Gasteiger partial charge in [0.2, 0.25) is 0 Å². The SMILES string of the molecule is COC(=O)N1C#CC1. The van der Waals surface area contributed by atoms with Crippen molar-refractivity contribution in [1.29, 1.82) is 0 Å². The maximum Gasteiger partial charge on any atom is 0.422 e. The molecule has 0 spiro atoms. The van der Waals surface area contributed by atoms with Crippen molar-refractivity contribution in [2.24, 2.45) is 0 Å². The second-order valence-electron chi connectivity index (χ2n) is 1.34. The van der Waals surface area contributed by atoms with Crippen molar-refractivity contribution in [3.05, 3.63) is 0 Å². The minimum Gasteiger partial charge on any atom is -0.452 e. The van der Waals surface area contributed by atoms with Gasteiger partial charge in [-0.1, -0.05) is 5.92 Å². The molecule has 0 aromatic rings. The van der Waals surface area contributed by atoms with Crippen LogP contribution in [-0.2, 0) is 4.74 Å². The van der Waals surface area contributed by atoms with E-state index in [9.17, 15) is 4.79 Å². The largest absolute Gasteiger partial charge is 0.452 e. The Morgan fingerprint density at radius 2 is 2.50 bits per heavy atom. The second kappa shape index (κ2) is 1.74. The lowest BCUT2D eigenvalue weighted by Crippen LogP contribution is -2.31. The quantitative estimate of drug-likeness (QED) is 0.413. The number of hydrogen-bond donors (Lipinski definition) is 0. The fourth-order valence-electron chi connectivity index (χ4n) is 0.379. The van der Waals surface area contributed by atoms with Gasteiger partial charge in [0, 0.05) is 6.04 Å². The summed E-state index contributed by atoms with van der Waals surface area (Å²) in [6.07, 6.45) is -0.372. The number of hydrogen-bond acceptors (Lipinski definition) is 2. The smallest absolute Gasteiger partial charge is 0.422 e. The Morgan fingerprint density at radius 3 is 2.62 bits per heavy atom. The number of carbonyl (C=O) groups excluding carboxylic acids is 1. The van der Waals surface area contributed by atoms with E-state index in [1.54, 1.807) is 0 Å². The van der Waals surface area contributed by atoms with E-state index in [1.165, 1.54) is 12.0 Å². The first kappa shape index (κ1) is 4.98. The molecule has 0 unspecified atom stereocenters. The summed E-state index contributed by atoms with van der Waals surface area (Å²) in [5, 5.41) is 0. The van der Waals surface area contributed by atoms with Crippen molar-refractivity contribution in [2.45, 2.75) is 0 Å². The Hall–Kier alpha value is -1.17. The van der Waals surface area contributed by atoms with E-state index in [1.807, 2.05) is 0 Å². The molecule has 0 saturated heterocycles. The molecule has 1 heterocycles. The van der Waals surface area contributed by atoms with Crippen LogP contribution in [0, 0.1) is 12.0 Å². The van der Waals surface area contributed by atoms with Crippen molar-refractivity contribution < 1.29 is 9.53 Å². The van der Waals surface area contributed by atoms with Crippen LogP contribution in [-0.4, -0.2) is 24.6 Å². The summed E-state index contributed by atoms with van der Waals surface area (Å²) in [4.78, 5) is 11.7. The third kappa shape index (κ3) is 0.604. The van der Waals surface area contributed by atoms with E-state index >= 15 is 0 Å². The van der Waals surface area contributed by atoms with Gasteiger partial charge in [0.05, 0.1) is 7.11 Å². The predicted octanol–water partition coefficient (Wildman–Crippen LogP) is 0.0293. The summed E-state index contributed by atoms with van der Waals surface area (Å²) >= 11 is 0. The molecule has 1 rings (SSSR count). The van der Waals surface area contributed by atoms with Crippen LogP contribution in [0.4, 0.5) is 4.79 Å². The minimum atomic E-state index is -0.372. The van der Waals surface area contributed by atoms with Crippen LogP contribution in [0.3, 0.4) is 0 Å². The minimum absolute atomic E-state index is 0.372. The Labute approximate surface area is 47.2 Å². The summed E-state index contributed by atoms with van der Waals surface area (Å²) in [6, 6.07) is 2.50. The van der Waals surface area contributed by atoms with E-state index in [4.69, 9.17) is 0 Å². The molecule has 0 aromatic heterocycles. The molecule has 0 saturated carbocycles. The van der Waals surface area contributed by atoms with E-state index in [0.29, 0.717) is 6.54 Å². The lowest BCUT2D eigenvalue weighted by atomic mass is 10.5.